The fraction of sp³-hybridized carbons (Fsp3) is 0. The monoisotopic (exact) mass is 995 g/mol. The van der Waals surface area contributed by atoms with Gasteiger partial charge in [0.05, 0.1) is 0 Å². The van der Waals surface area contributed by atoms with Gasteiger partial charge < -0.3 is 0 Å². The van der Waals surface area contributed by atoms with Crippen LogP contribution in [0.1, 0.15) is 0 Å². The number of rotatable bonds is 12. The zero-order chi connectivity index (χ0) is 48.1. The number of hydrogen-bond acceptors (Lipinski definition) is 9. The Morgan fingerprint density at radius 2 is 0.486 bits per heavy atom. The van der Waals surface area contributed by atoms with Crippen LogP contribution < -0.4 is 36.9 Å². The van der Waals surface area contributed by atoms with E-state index in [-0.39, 0.29) is 8.52 Å². The van der Waals surface area contributed by atoms with E-state index in [4.69, 9.17) is 31.7 Å². The number of benzene rings is 12. The molecule has 12 aromatic rings. The third kappa shape index (κ3) is 7.76. The van der Waals surface area contributed by atoms with Crippen molar-refractivity contribution in [3.8, 4) is 34.5 Å². The second-order valence-electron chi connectivity index (χ2n) is 17.5. The van der Waals surface area contributed by atoms with E-state index in [1.807, 2.05) is 255 Å². The SMILES string of the molecule is c1ccc2c(OP3(Oc4cccc5ccccc45)(Oc4cccc5ccccc45)N=PNP(Oc4cccc5ccccc45)(Oc4cccc5ccccc45)(Oc4cccc5ccccc45)N3)cccc2c1. The van der Waals surface area contributed by atoms with Crippen LogP contribution in [0.2, 0.25) is 0 Å². The van der Waals surface area contributed by atoms with Crippen LogP contribution in [-0.4, -0.2) is 0 Å². The van der Waals surface area contributed by atoms with Crippen molar-refractivity contribution in [1.29, 1.82) is 0 Å². The normalized spacial score (nSPS) is 16.7. The molecule has 0 spiro atoms. The molecular weight excluding hydrogens is 952 g/mol. The van der Waals surface area contributed by atoms with Gasteiger partial charge in [0, 0.05) is 0 Å². The van der Waals surface area contributed by atoms with E-state index < -0.39 is 15.2 Å². The van der Waals surface area contributed by atoms with Crippen molar-refractivity contribution in [3.05, 3.63) is 255 Å². The Morgan fingerprint density at radius 1 is 0.264 bits per heavy atom. The predicted octanol–water partition coefficient (Wildman–Crippen LogP) is 17.9. The standard InChI is InChI=1S/C60H44N3O6P3/c1-7-31-49-43(19-1)25-13-37-55(49)64-71(65-56-38-14-26-44-20-2-8-32-50(44)56,66-57-39-15-27-45-21-3-9-33-51(45)57)61-70-62-72(63-71,67-58-40-16-28-46-22-4-10-34-52(46)58,68-59-41-17-29-47-23-5-11-35-53(47)59)69-60-42-18-30-48-24-6-12-36-54(48)60/h1-42,63H,(H,61,62). The molecular formula is C60H44N3O6P3. The Bertz CT molecular complexity index is 3690. The molecule has 0 bridgehead atoms. The summed E-state index contributed by atoms with van der Waals surface area (Å²) in [6.45, 7) is 0. The molecule has 12 heteroatoms. The van der Waals surface area contributed by atoms with Crippen LogP contribution >= 0.6 is 23.7 Å². The van der Waals surface area contributed by atoms with Gasteiger partial charge in [0.1, 0.15) is 0 Å². The fourth-order valence-corrected chi connectivity index (χ4v) is 19.9. The summed E-state index contributed by atoms with van der Waals surface area (Å²) in [5.74, 6) is 2.62. The zero-order valence-corrected chi connectivity index (χ0v) is 41.2. The average Bonchev–Trinajstić information content (AvgIpc) is 3.42. The molecule has 12 aromatic carbocycles. The Labute approximate surface area is 417 Å². The van der Waals surface area contributed by atoms with Gasteiger partial charge in [-0.25, -0.2) is 0 Å². The molecule has 1 heterocycles. The summed E-state index contributed by atoms with van der Waals surface area (Å²) < 4.78 is 52.8. The van der Waals surface area contributed by atoms with E-state index in [1.54, 1.807) is 0 Å². The van der Waals surface area contributed by atoms with E-state index in [9.17, 15) is 0 Å². The van der Waals surface area contributed by atoms with Crippen LogP contribution in [0.4, 0.5) is 0 Å². The van der Waals surface area contributed by atoms with Crippen molar-refractivity contribution in [1.82, 2.24) is 9.72 Å². The van der Waals surface area contributed by atoms with Gasteiger partial charge in [-0.2, -0.15) is 0 Å². The van der Waals surface area contributed by atoms with Crippen LogP contribution in [0.5, 0.6) is 34.5 Å². The van der Waals surface area contributed by atoms with Crippen molar-refractivity contribution >= 4 is 88.3 Å². The summed E-state index contributed by atoms with van der Waals surface area (Å²) in [4.78, 5) is 7.61. The molecule has 2 N–H and O–H groups in total. The number of nitrogens with zero attached hydrogens (tertiary/aromatic N) is 1. The van der Waals surface area contributed by atoms with Crippen molar-refractivity contribution in [2.45, 2.75) is 0 Å². The van der Waals surface area contributed by atoms with Crippen molar-refractivity contribution < 1.29 is 27.1 Å². The van der Waals surface area contributed by atoms with Gasteiger partial charge in [-0.3, -0.25) is 0 Å². The molecule has 9 nitrogen and oxygen atoms in total. The second kappa shape index (κ2) is 17.3. The second-order valence-corrected chi connectivity index (χ2v) is 24.6. The van der Waals surface area contributed by atoms with Crippen LogP contribution in [0, 0.1) is 0 Å². The molecule has 72 heavy (non-hydrogen) atoms. The van der Waals surface area contributed by atoms with E-state index in [0.29, 0.717) is 34.5 Å². The molecule has 350 valence electrons. The van der Waals surface area contributed by atoms with E-state index in [0.717, 1.165) is 64.6 Å². The average molecular weight is 996 g/mol. The van der Waals surface area contributed by atoms with Gasteiger partial charge in [-0.15, -0.1) is 0 Å². The first-order chi connectivity index (χ1) is 35.4. The summed E-state index contributed by atoms with van der Waals surface area (Å²) in [6.07, 6.45) is 0. The summed E-state index contributed by atoms with van der Waals surface area (Å²) in [7, 11) is -11.3. The topological polar surface area (TPSA) is 91.8 Å². The predicted molar refractivity (Wildman–Crippen MR) is 297 cm³/mol. The van der Waals surface area contributed by atoms with Crippen LogP contribution in [0.15, 0.2) is 259 Å². The molecule has 0 atom stereocenters. The van der Waals surface area contributed by atoms with E-state index >= 15 is 0 Å². The molecule has 0 aliphatic carbocycles. The van der Waals surface area contributed by atoms with Gasteiger partial charge in [0.2, 0.25) is 0 Å². The third-order valence-electron chi connectivity index (χ3n) is 12.8. The van der Waals surface area contributed by atoms with Gasteiger partial charge in [-0.05, 0) is 0 Å². The summed E-state index contributed by atoms with van der Waals surface area (Å²) in [6, 6.07) is 83.7. The maximum atomic E-state index is 7.90. The Morgan fingerprint density at radius 3 is 0.750 bits per heavy atom. The number of nitrogens with one attached hydrogen (secondary N) is 2. The Kier molecular flexibility index (Phi) is 10.6. The minimum absolute atomic E-state index is 0.165. The number of fused-ring (bicyclic) bond motifs is 6. The molecule has 0 fully saturated rings. The Balaban J connectivity index is 1.18. The quantitative estimate of drug-likeness (QED) is 0.117. The zero-order valence-electron chi connectivity index (χ0n) is 38.5. The first kappa shape index (κ1) is 43.9. The molecule has 0 saturated carbocycles. The molecule has 13 rings (SSSR count). The van der Waals surface area contributed by atoms with Gasteiger partial charge in [-0.1, -0.05) is 0 Å². The van der Waals surface area contributed by atoms with Crippen LogP contribution in [0.25, 0.3) is 64.6 Å². The van der Waals surface area contributed by atoms with E-state index in [1.165, 1.54) is 0 Å². The van der Waals surface area contributed by atoms with Gasteiger partial charge in [0.25, 0.3) is 0 Å². The minimum atomic E-state index is -5.76. The number of hydrogen-bond donors (Lipinski definition) is 2. The van der Waals surface area contributed by atoms with E-state index in [2.05, 4.69) is 9.72 Å². The van der Waals surface area contributed by atoms with Crippen LogP contribution in [-0.2, 0) is 0 Å². The molecule has 0 radical (unpaired) electrons. The van der Waals surface area contributed by atoms with Crippen molar-refractivity contribution in [2.24, 2.45) is 4.52 Å². The molecule has 1 aliphatic heterocycles. The van der Waals surface area contributed by atoms with Crippen molar-refractivity contribution in [2.75, 3.05) is 0 Å². The Hall–Kier alpha value is -8.12. The molecule has 0 amide bonds. The van der Waals surface area contributed by atoms with Crippen LogP contribution in [0.3, 0.4) is 0 Å². The third-order valence-corrected chi connectivity index (χ3v) is 22.0. The fourth-order valence-electron chi connectivity index (χ4n) is 9.56. The van der Waals surface area contributed by atoms with Gasteiger partial charge in [0.15, 0.2) is 0 Å². The van der Waals surface area contributed by atoms with Crippen molar-refractivity contribution in [3.63, 3.8) is 0 Å². The summed E-state index contributed by atoms with van der Waals surface area (Å²) in [5, 5.41) is 10.4. The molecule has 0 unspecified atom stereocenters. The molecule has 0 saturated heterocycles. The summed E-state index contributed by atoms with van der Waals surface area (Å²) in [5.41, 5.74) is 0. The summed E-state index contributed by atoms with van der Waals surface area (Å²) >= 11 is 0. The first-order valence-electron chi connectivity index (χ1n) is 23.5. The first-order valence-corrected chi connectivity index (χ1v) is 28.3. The molecule has 0 aromatic heterocycles. The maximum absolute atomic E-state index is 7.90. The van der Waals surface area contributed by atoms with Gasteiger partial charge >= 0.3 is 419 Å². The molecule has 1 aliphatic rings.